The molecule has 0 bridgehead atoms. The van der Waals surface area contributed by atoms with E-state index in [2.05, 4.69) is 5.32 Å². The van der Waals surface area contributed by atoms with E-state index in [0.29, 0.717) is 5.56 Å². The molecule has 1 atom stereocenters. The van der Waals surface area contributed by atoms with Crippen LogP contribution in [0, 0.1) is 5.82 Å². The van der Waals surface area contributed by atoms with Gasteiger partial charge in [-0.3, -0.25) is 14.4 Å². The summed E-state index contributed by atoms with van der Waals surface area (Å²) < 4.78 is 15.1. The number of hydrogen-bond acceptors (Lipinski definition) is 3. The number of carbonyl (C=O) groups is 2. The molecule has 7 heteroatoms. The molecule has 1 aliphatic rings. The molecule has 1 saturated heterocycles. The van der Waals surface area contributed by atoms with Gasteiger partial charge in [0.2, 0.25) is 5.91 Å². The molecule has 1 aromatic heterocycles. The molecule has 6 nitrogen and oxygen atoms in total. The van der Waals surface area contributed by atoms with Crippen molar-refractivity contribution in [2.45, 2.75) is 25.8 Å². The Morgan fingerprint density at radius 1 is 1.22 bits per heavy atom. The number of benzene rings is 1. The number of amides is 2. The van der Waals surface area contributed by atoms with Gasteiger partial charge in [-0.15, -0.1) is 0 Å². The highest BCUT2D eigenvalue weighted by molar-refractivity contribution is 5.98. The SMILES string of the molecule is CC(C)c1ccc(C(=O)N2CCNC(=O)[C@H]2c2cccc(F)c2)c(=O)n1C. The van der Waals surface area contributed by atoms with Gasteiger partial charge in [-0.05, 0) is 35.7 Å². The lowest BCUT2D eigenvalue weighted by atomic mass is 10.0. The van der Waals surface area contributed by atoms with Gasteiger partial charge in [0.1, 0.15) is 17.4 Å². The van der Waals surface area contributed by atoms with Gasteiger partial charge in [-0.1, -0.05) is 26.0 Å². The molecule has 142 valence electrons. The fraction of sp³-hybridized carbons (Fsp3) is 0.350. The smallest absolute Gasteiger partial charge is 0.263 e. The summed E-state index contributed by atoms with van der Waals surface area (Å²) in [7, 11) is 1.63. The maximum absolute atomic E-state index is 13.6. The van der Waals surface area contributed by atoms with Crippen molar-refractivity contribution < 1.29 is 14.0 Å². The molecule has 2 aromatic rings. The Morgan fingerprint density at radius 3 is 2.63 bits per heavy atom. The topological polar surface area (TPSA) is 71.4 Å². The van der Waals surface area contributed by atoms with E-state index in [-0.39, 0.29) is 24.6 Å². The number of halogens is 1. The summed E-state index contributed by atoms with van der Waals surface area (Å²) in [6, 6.07) is 7.88. The van der Waals surface area contributed by atoms with Gasteiger partial charge in [-0.25, -0.2) is 4.39 Å². The van der Waals surface area contributed by atoms with Gasteiger partial charge in [0.05, 0.1) is 0 Å². The number of rotatable bonds is 3. The maximum Gasteiger partial charge on any atom is 0.263 e. The zero-order valence-electron chi connectivity index (χ0n) is 15.5. The van der Waals surface area contributed by atoms with E-state index in [1.807, 2.05) is 13.8 Å². The minimum absolute atomic E-state index is 0.00185. The van der Waals surface area contributed by atoms with Crippen LogP contribution in [0.15, 0.2) is 41.2 Å². The molecule has 0 radical (unpaired) electrons. The molecule has 27 heavy (non-hydrogen) atoms. The molecule has 3 rings (SSSR count). The number of nitrogens with zero attached hydrogens (tertiary/aromatic N) is 2. The number of pyridine rings is 1. The summed E-state index contributed by atoms with van der Waals surface area (Å²) in [4.78, 5) is 39.6. The first-order valence-electron chi connectivity index (χ1n) is 8.85. The first kappa shape index (κ1) is 18.8. The standard InChI is InChI=1S/C20H22FN3O3/c1-12(2)16-8-7-15(19(26)23(16)3)20(27)24-10-9-22-18(25)17(24)13-5-4-6-14(21)11-13/h4-8,11-12,17H,9-10H2,1-3H3,(H,22,25)/t17-/m1/s1. The van der Waals surface area contributed by atoms with Crippen LogP contribution in [-0.4, -0.2) is 34.4 Å². The Labute approximate surface area is 156 Å². The quantitative estimate of drug-likeness (QED) is 0.897. The van der Waals surface area contributed by atoms with Gasteiger partial charge in [0.15, 0.2) is 0 Å². The minimum Gasteiger partial charge on any atom is -0.352 e. The van der Waals surface area contributed by atoms with Gasteiger partial charge in [-0.2, -0.15) is 0 Å². The second kappa shape index (κ2) is 7.34. The molecule has 2 amide bonds. The molecule has 2 heterocycles. The summed E-state index contributed by atoms with van der Waals surface area (Å²) in [5.74, 6) is -1.28. The fourth-order valence-electron chi connectivity index (χ4n) is 3.44. The van der Waals surface area contributed by atoms with Crippen LogP contribution in [0.4, 0.5) is 4.39 Å². The lowest BCUT2D eigenvalue weighted by molar-refractivity contribution is -0.128. The van der Waals surface area contributed by atoms with Crippen LogP contribution in [0.5, 0.6) is 0 Å². The third-order valence-electron chi connectivity index (χ3n) is 4.80. The third-order valence-corrected chi connectivity index (χ3v) is 4.80. The number of carbonyl (C=O) groups excluding carboxylic acids is 2. The van der Waals surface area contributed by atoms with Crippen molar-refractivity contribution in [2.24, 2.45) is 7.05 Å². The highest BCUT2D eigenvalue weighted by Crippen LogP contribution is 2.25. The van der Waals surface area contributed by atoms with Crippen molar-refractivity contribution in [3.63, 3.8) is 0 Å². The largest absolute Gasteiger partial charge is 0.352 e. The van der Waals surface area contributed by atoms with Crippen LogP contribution in [0.1, 0.15) is 47.4 Å². The normalized spacial score (nSPS) is 17.1. The summed E-state index contributed by atoms with van der Waals surface area (Å²) in [5, 5.41) is 2.70. The zero-order valence-corrected chi connectivity index (χ0v) is 15.5. The van der Waals surface area contributed by atoms with Crippen molar-refractivity contribution in [1.29, 1.82) is 0 Å². The number of nitrogens with one attached hydrogen (secondary N) is 1. The van der Waals surface area contributed by atoms with Crippen LogP contribution < -0.4 is 10.9 Å². The molecule has 1 fully saturated rings. The van der Waals surface area contributed by atoms with Gasteiger partial charge >= 0.3 is 0 Å². The van der Waals surface area contributed by atoms with Crippen molar-refractivity contribution in [2.75, 3.05) is 13.1 Å². The summed E-state index contributed by atoms with van der Waals surface area (Å²) in [6.07, 6.45) is 0. The molecule has 1 aliphatic heterocycles. The monoisotopic (exact) mass is 371 g/mol. The predicted octanol–water partition coefficient (Wildman–Crippen LogP) is 1.96. The van der Waals surface area contributed by atoms with Crippen LogP contribution in [0.25, 0.3) is 0 Å². The first-order chi connectivity index (χ1) is 12.8. The summed E-state index contributed by atoms with van der Waals surface area (Å²) in [6.45, 7) is 4.44. The summed E-state index contributed by atoms with van der Waals surface area (Å²) in [5.41, 5.74) is 0.777. The number of aromatic nitrogens is 1. The molecule has 0 aliphatic carbocycles. The Hall–Kier alpha value is -2.96. The lowest BCUT2D eigenvalue weighted by Crippen LogP contribution is -2.53. The number of piperazine rings is 1. The predicted molar refractivity (Wildman–Crippen MR) is 99.0 cm³/mol. The van der Waals surface area contributed by atoms with Crippen molar-refractivity contribution in [3.8, 4) is 0 Å². The highest BCUT2D eigenvalue weighted by Gasteiger charge is 2.36. The van der Waals surface area contributed by atoms with Crippen LogP contribution in [-0.2, 0) is 11.8 Å². The average Bonchev–Trinajstić information content (AvgIpc) is 2.62. The first-order valence-corrected chi connectivity index (χ1v) is 8.85. The van der Waals surface area contributed by atoms with Crippen molar-refractivity contribution >= 4 is 11.8 Å². The van der Waals surface area contributed by atoms with E-state index in [1.54, 1.807) is 19.2 Å². The summed E-state index contributed by atoms with van der Waals surface area (Å²) >= 11 is 0. The van der Waals surface area contributed by atoms with Gasteiger partial charge in [0.25, 0.3) is 11.5 Å². The number of hydrogen-bond donors (Lipinski definition) is 1. The molecule has 1 aromatic carbocycles. The van der Waals surface area contributed by atoms with Crippen LogP contribution in [0.3, 0.4) is 0 Å². The van der Waals surface area contributed by atoms with Gasteiger partial charge in [0, 0.05) is 25.8 Å². The van der Waals surface area contributed by atoms with E-state index < -0.39 is 29.2 Å². The second-order valence-electron chi connectivity index (χ2n) is 6.94. The highest BCUT2D eigenvalue weighted by atomic mass is 19.1. The average molecular weight is 371 g/mol. The Bertz CT molecular complexity index is 952. The fourth-order valence-corrected chi connectivity index (χ4v) is 3.44. The second-order valence-corrected chi connectivity index (χ2v) is 6.94. The lowest BCUT2D eigenvalue weighted by Gasteiger charge is -2.35. The molecule has 0 saturated carbocycles. The van der Waals surface area contributed by atoms with Gasteiger partial charge < -0.3 is 14.8 Å². The van der Waals surface area contributed by atoms with Crippen molar-refractivity contribution in [1.82, 2.24) is 14.8 Å². The molecular formula is C20H22FN3O3. The van der Waals surface area contributed by atoms with E-state index >= 15 is 0 Å². The van der Waals surface area contributed by atoms with E-state index in [9.17, 15) is 18.8 Å². The Morgan fingerprint density at radius 2 is 1.96 bits per heavy atom. The van der Waals surface area contributed by atoms with E-state index in [0.717, 1.165) is 5.69 Å². The zero-order chi connectivity index (χ0) is 19.7. The van der Waals surface area contributed by atoms with Crippen LogP contribution >= 0.6 is 0 Å². The van der Waals surface area contributed by atoms with E-state index in [4.69, 9.17) is 0 Å². The molecule has 0 unspecified atom stereocenters. The third kappa shape index (κ3) is 3.49. The Balaban J connectivity index is 2.03. The van der Waals surface area contributed by atoms with Crippen molar-refractivity contribution in [3.05, 3.63) is 69.4 Å². The Kier molecular flexibility index (Phi) is 5.12. The van der Waals surface area contributed by atoms with E-state index in [1.165, 1.54) is 33.7 Å². The molecular weight excluding hydrogens is 349 g/mol. The molecule has 0 spiro atoms. The molecule has 1 N–H and O–H groups in total. The van der Waals surface area contributed by atoms with Crippen LogP contribution in [0.2, 0.25) is 0 Å². The maximum atomic E-state index is 13.6. The minimum atomic E-state index is -0.976.